The molecule has 0 aliphatic carbocycles. The van der Waals surface area contributed by atoms with Gasteiger partial charge >= 0.3 is 0 Å². The molecule has 1 atom stereocenters. The molecule has 1 saturated heterocycles. The topological polar surface area (TPSA) is 41.4 Å². The van der Waals surface area contributed by atoms with Crippen molar-refractivity contribution in [3.63, 3.8) is 0 Å². The van der Waals surface area contributed by atoms with Crippen molar-refractivity contribution in [1.29, 1.82) is 0 Å². The van der Waals surface area contributed by atoms with Crippen molar-refractivity contribution < 1.29 is 4.79 Å². The Kier molecular flexibility index (Phi) is 6.22. The van der Waals surface area contributed by atoms with Gasteiger partial charge in [-0.3, -0.25) is 4.79 Å². The zero-order valence-corrected chi connectivity index (χ0v) is 15.3. The number of aromatic nitrogens is 2. The Bertz CT molecular complexity index is 509. The second-order valence-corrected chi connectivity index (χ2v) is 7.40. The summed E-state index contributed by atoms with van der Waals surface area (Å²) in [6.45, 7) is 15.6. The van der Waals surface area contributed by atoms with E-state index in [1.807, 2.05) is 22.6 Å². The highest BCUT2D eigenvalue weighted by atomic mass is 16.2. The van der Waals surface area contributed by atoms with E-state index in [-0.39, 0.29) is 11.9 Å². The number of carbonyl (C=O) groups is 1. The second kappa shape index (κ2) is 7.95. The largest absolute Gasteiger partial charge is 0.340 e. The summed E-state index contributed by atoms with van der Waals surface area (Å²) in [5.74, 6) is 2.21. The van der Waals surface area contributed by atoms with Crippen molar-refractivity contribution in [1.82, 2.24) is 19.4 Å². The standard InChI is InChI=1S/C18H32N4O/c1-14(2)13-20-8-6-9-21(12-11-20)18(23)16(5)22-10-7-19-17(22)15(3)4/h7,10,14-16H,6,8-9,11-13H2,1-5H3/t16-/m1/s1. The first-order valence-corrected chi connectivity index (χ1v) is 8.94. The number of hydrogen-bond acceptors (Lipinski definition) is 3. The molecule has 2 rings (SSSR count). The molecule has 23 heavy (non-hydrogen) atoms. The van der Waals surface area contributed by atoms with Crippen LogP contribution in [0.1, 0.15) is 58.8 Å². The fourth-order valence-electron chi connectivity index (χ4n) is 3.37. The van der Waals surface area contributed by atoms with Crippen LogP contribution >= 0.6 is 0 Å². The fraction of sp³-hybridized carbons (Fsp3) is 0.778. The van der Waals surface area contributed by atoms with Gasteiger partial charge in [-0.2, -0.15) is 0 Å². The number of hydrogen-bond donors (Lipinski definition) is 0. The molecule has 0 unspecified atom stereocenters. The van der Waals surface area contributed by atoms with Gasteiger partial charge in [0.05, 0.1) is 0 Å². The minimum absolute atomic E-state index is 0.174. The summed E-state index contributed by atoms with van der Waals surface area (Å²) in [6, 6.07) is -0.174. The Balaban J connectivity index is 2.01. The van der Waals surface area contributed by atoms with E-state index in [1.54, 1.807) is 6.20 Å². The molecule has 2 heterocycles. The van der Waals surface area contributed by atoms with Gasteiger partial charge < -0.3 is 14.4 Å². The Morgan fingerprint density at radius 2 is 1.87 bits per heavy atom. The van der Waals surface area contributed by atoms with E-state index in [9.17, 15) is 4.79 Å². The van der Waals surface area contributed by atoms with Crippen molar-refractivity contribution in [3.05, 3.63) is 18.2 Å². The van der Waals surface area contributed by atoms with Crippen LogP contribution in [0.25, 0.3) is 0 Å². The molecule has 0 spiro atoms. The third-order valence-corrected chi connectivity index (χ3v) is 4.51. The summed E-state index contributed by atoms with van der Waals surface area (Å²) in [6.07, 6.45) is 4.79. The molecular formula is C18H32N4O. The van der Waals surface area contributed by atoms with Gasteiger partial charge in [0.1, 0.15) is 11.9 Å². The Morgan fingerprint density at radius 3 is 2.52 bits per heavy atom. The molecule has 5 heteroatoms. The third-order valence-electron chi connectivity index (χ3n) is 4.51. The maximum Gasteiger partial charge on any atom is 0.245 e. The molecule has 1 amide bonds. The maximum absolute atomic E-state index is 12.9. The van der Waals surface area contributed by atoms with Crippen molar-refractivity contribution in [2.75, 3.05) is 32.7 Å². The van der Waals surface area contributed by atoms with E-state index in [2.05, 4.69) is 37.6 Å². The van der Waals surface area contributed by atoms with Gasteiger partial charge in [0, 0.05) is 44.5 Å². The van der Waals surface area contributed by atoms with Crippen LogP contribution in [0, 0.1) is 5.92 Å². The normalized spacial score (nSPS) is 18.5. The number of carbonyl (C=O) groups excluding carboxylic acids is 1. The summed E-state index contributed by atoms with van der Waals surface area (Å²) in [5, 5.41) is 0. The zero-order chi connectivity index (χ0) is 17.0. The van der Waals surface area contributed by atoms with Crippen LogP contribution < -0.4 is 0 Å². The van der Waals surface area contributed by atoms with Crippen molar-refractivity contribution in [2.45, 2.75) is 53.0 Å². The van der Waals surface area contributed by atoms with Crippen LogP contribution in [-0.4, -0.2) is 58.0 Å². The summed E-state index contributed by atoms with van der Waals surface area (Å²) >= 11 is 0. The van der Waals surface area contributed by atoms with Crippen LogP contribution in [0.3, 0.4) is 0 Å². The van der Waals surface area contributed by atoms with Crippen LogP contribution in [0.4, 0.5) is 0 Å². The van der Waals surface area contributed by atoms with E-state index in [0.717, 1.165) is 45.0 Å². The van der Waals surface area contributed by atoms with E-state index in [0.29, 0.717) is 11.8 Å². The lowest BCUT2D eigenvalue weighted by Crippen LogP contribution is -2.39. The van der Waals surface area contributed by atoms with Crippen LogP contribution in [0.2, 0.25) is 0 Å². The highest BCUT2D eigenvalue weighted by molar-refractivity contribution is 5.80. The Labute approximate surface area is 140 Å². The minimum atomic E-state index is -0.174. The number of imidazole rings is 1. The van der Waals surface area contributed by atoms with Crippen LogP contribution in [0.5, 0.6) is 0 Å². The molecule has 1 aromatic rings. The van der Waals surface area contributed by atoms with Crippen LogP contribution in [0.15, 0.2) is 12.4 Å². The van der Waals surface area contributed by atoms with E-state index in [1.165, 1.54) is 0 Å². The molecule has 5 nitrogen and oxygen atoms in total. The van der Waals surface area contributed by atoms with Gasteiger partial charge in [-0.05, 0) is 25.8 Å². The van der Waals surface area contributed by atoms with Crippen molar-refractivity contribution in [3.8, 4) is 0 Å². The molecule has 0 bridgehead atoms. The lowest BCUT2D eigenvalue weighted by Gasteiger charge is -2.26. The highest BCUT2D eigenvalue weighted by Crippen LogP contribution is 2.19. The van der Waals surface area contributed by atoms with Gasteiger partial charge in [-0.15, -0.1) is 0 Å². The highest BCUT2D eigenvalue weighted by Gasteiger charge is 2.26. The molecule has 0 radical (unpaired) electrons. The fourth-order valence-corrected chi connectivity index (χ4v) is 3.37. The second-order valence-electron chi connectivity index (χ2n) is 7.40. The zero-order valence-electron chi connectivity index (χ0n) is 15.3. The predicted molar refractivity (Wildman–Crippen MR) is 93.5 cm³/mol. The first-order valence-electron chi connectivity index (χ1n) is 8.94. The lowest BCUT2D eigenvalue weighted by molar-refractivity contribution is -0.134. The monoisotopic (exact) mass is 320 g/mol. The predicted octanol–water partition coefficient (Wildman–Crippen LogP) is 2.76. The Hall–Kier alpha value is -1.36. The molecule has 0 N–H and O–H groups in total. The first kappa shape index (κ1) is 18.0. The van der Waals surface area contributed by atoms with Crippen molar-refractivity contribution in [2.24, 2.45) is 5.92 Å². The smallest absolute Gasteiger partial charge is 0.245 e. The molecular weight excluding hydrogens is 288 g/mol. The lowest BCUT2D eigenvalue weighted by atomic mass is 10.2. The van der Waals surface area contributed by atoms with Gasteiger partial charge in [0.25, 0.3) is 0 Å². The third kappa shape index (κ3) is 4.56. The van der Waals surface area contributed by atoms with Crippen molar-refractivity contribution >= 4 is 5.91 Å². The average Bonchev–Trinajstić information content (AvgIpc) is 2.87. The SMILES string of the molecule is CC(C)CN1CCCN(C(=O)[C@@H](C)n2ccnc2C(C)C)CC1. The number of rotatable bonds is 5. The first-order chi connectivity index (χ1) is 10.9. The van der Waals surface area contributed by atoms with E-state index in [4.69, 9.17) is 0 Å². The van der Waals surface area contributed by atoms with Gasteiger partial charge in [-0.25, -0.2) is 4.98 Å². The quantitative estimate of drug-likeness (QED) is 0.838. The molecule has 0 saturated carbocycles. The maximum atomic E-state index is 12.9. The summed E-state index contributed by atoms with van der Waals surface area (Å²) in [4.78, 5) is 21.8. The molecule has 0 aromatic carbocycles. The summed E-state index contributed by atoms with van der Waals surface area (Å²) in [5.41, 5.74) is 0. The molecule has 1 aliphatic rings. The number of nitrogens with zero attached hydrogens (tertiary/aromatic N) is 4. The molecule has 1 fully saturated rings. The molecule has 1 aromatic heterocycles. The summed E-state index contributed by atoms with van der Waals surface area (Å²) in [7, 11) is 0. The van der Waals surface area contributed by atoms with E-state index < -0.39 is 0 Å². The summed E-state index contributed by atoms with van der Waals surface area (Å²) < 4.78 is 2.03. The molecule has 130 valence electrons. The van der Waals surface area contributed by atoms with Crippen LogP contribution in [-0.2, 0) is 4.79 Å². The minimum Gasteiger partial charge on any atom is -0.340 e. The van der Waals surface area contributed by atoms with E-state index >= 15 is 0 Å². The van der Waals surface area contributed by atoms with Gasteiger partial charge in [0.15, 0.2) is 0 Å². The van der Waals surface area contributed by atoms with Gasteiger partial charge in [0.2, 0.25) is 5.91 Å². The number of amides is 1. The molecule has 1 aliphatic heterocycles. The van der Waals surface area contributed by atoms with Gasteiger partial charge in [-0.1, -0.05) is 27.7 Å². The Morgan fingerprint density at radius 1 is 1.13 bits per heavy atom. The average molecular weight is 320 g/mol.